The maximum atomic E-state index is 13.3. The number of hydrogen-bond donors (Lipinski definition) is 0. The number of rotatable bonds is 6. The van der Waals surface area contributed by atoms with Gasteiger partial charge in [0.1, 0.15) is 10.8 Å². The van der Waals surface area contributed by atoms with Crippen LogP contribution in [0.15, 0.2) is 72.8 Å². The molecule has 7 heteroatoms. The summed E-state index contributed by atoms with van der Waals surface area (Å²) in [5, 5.41) is 0.875. The Labute approximate surface area is 208 Å². The summed E-state index contributed by atoms with van der Waals surface area (Å²) in [4.78, 5) is 34.5. The fourth-order valence-corrected chi connectivity index (χ4v) is 5.63. The van der Waals surface area contributed by atoms with Crippen LogP contribution in [0.3, 0.4) is 0 Å². The van der Waals surface area contributed by atoms with Crippen LogP contribution in [-0.4, -0.2) is 59.8 Å². The maximum Gasteiger partial charge on any atom is 0.253 e. The minimum absolute atomic E-state index is 0.00775. The van der Waals surface area contributed by atoms with E-state index in [1.54, 1.807) is 25.4 Å². The number of amides is 1. The first-order chi connectivity index (χ1) is 17.0. The molecule has 0 N–H and O–H groups in total. The summed E-state index contributed by atoms with van der Waals surface area (Å²) in [5.41, 5.74) is 3.49. The van der Waals surface area contributed by atoms with Crippen molar-refractivity contribution in [3.63, 3.8) is 0 Å². The molecule has 5 rings (SSSR count). The van der Waals surface area contributed by atoms with Gasteiger partial charge in [-0.05, 0) is 42.8 Å². The van der Waals surface area contributed by atoms with E-state index in [-0.39, 0.29) is 17.7 Å². The maximum absolute atomic E-state index is 13.3. The number of nitrogens with zero attached hydrogens (tertiary/aromatic N) is 3. The number of carbonyl (C=O) groups is 2. The summed E-state index contributed by atoms with van der Waals surface area (Å²) in [6.45, 7) is 4.12. The second kappa shape index (κ2) is 9.98. The Morgan fingerprint density at radius 1 is 0.943 bits per heavy atom. The molecule has 1 aliphatic rings. The van der Waals surface area contributed by atoms with Crippen LogP contribution in [0.2, 0.25) is 0 Å². The third-order valence-corrected chi connectivity index (χ3v) is 7.49. The third kappa shape index (κ3) is 4.83. The summed E-state index contributed by atoms with van der Waals surface area (Å²) < 4.78 is 6.37. The molecule has 1 amide bonds. The van der Waals surface area contributed by atoms with Crippen molar-refractivity contribution in [2.24, 2.45) is 0 Å². The molecule has 0 spiro atoms. The number of carbonyl (C=O) groups excluding carboxylic acids is 2. The van der Waals surface area contributed by atoms with Crippen molar-refractivity contribution in [3.05, 3.63) is 83.9 Å². The number of hydrogen-bond acceptors (Lipinski definition) is 6. The van der Waals surface area contributed by atoms with E-state index in [0.29, 0.717) is 31.7 Å². The lowest BCUT2D eigenvalue weighted by atomic mass is 10.0. The lowest BCUT2D eigenvalue weighted by Gasteiger charge is -2.38. The Morgan fingerprint density at radius 3 is 2.43 bits per heavy atom. The van der Waals surface area contributed by atoms with Gasteiger partial charge in [0.2, 0.25) is 0 Å². The highest BCUT2D eigenvalue weighted by molar-refractivity contribution is 7.21. The molecule has 0 radical (unpaired) electrons. The second-order valence-electron chi connectivity index (χ2n) is 8.69. The first-order valence-electron chi connectivity index (χ1n) is 11.7. The monoisotopic (exact) mass is 485 g/mol. The van der Waals surface area contributed by atoms with Gasteiger partial charge in [0.25, 0.3) is 5.91 Å². The van der Waals surface area contributed by atoms with Crippen LogP contribution in [0.1, 0.15) is 28.9 Å². The van der Waals surface area contributed by atoms with Gasteiger partial charge >= 0.3 is 0 Å². The van der Waals surface area contributed by atoms with Gasteiger partial charge in [0.05, 0.1) is 23.4 Å². The lowest BCUT2D eigenvalue weighted by molar-refractivity contribution is -0.123. The van der Waals surface area contributed by atoms with E-state index in [1.165, 1.54) is 0 Å². The zero-order chi connectivity index (χ0) is 24.4. The van der Waals surface area contributed by atoms with Gasteiger partial charge in [-0.25, -0.2) is 4.98 Å². The Balaban J connectivity index is 1.30. The number of ether oxygens (including phenoxy) is 1. The highest BCUT2D eigenvalue weighted by Crippen LogP contribution is 2.33. The molecular weight excluding hydrogens is 458 g/mol. The number of piperazine rings is 1. The van der Waals surface area contributed by atoms with Crippen molar-refractivity contribution in [2.45, 2.75) is 13.0 Å². The molecule has 1 aromatic heterocycles. The molecule has 3 aromatic carbocycles. The molecule has 0 saturated carbocycles. The van der Waals surface area contributed by atoms with Crippen molar-refractivity contribution in [3.8, 4) is 16.3 Å². The van der Waals surface area contributed by atoms with Gasteiger partial charge in [-0.15, -0.1) is 11.3 Å². The lowest BCUT2D eigenvalue weighted by Crippen LogP contribution is -2.50. The normalized spacial score (nSPS) is 15.2. The number of methoxy groups -OCH3 is 1. The minimum Gasteiger partial charge on any atom is -0.497 e. The van der Waals surface area contributed by atoms with Crippen LogP contribution in [0.5, 0.6) is 5.75 Å². The van der Waals surface area contributed by atoms with E-state index < -0.39 is 0 Å². The fraction of sp³-hybridized carbons (Fsp3) is 0.250. The van der Waals surface area contributed by atoms with Gasteiger partial charge in [-0.3, -0.25) is 14.5 Å². The van der Waals surface area contributed by atoms with Crippen molar-refractivity contribution < 1.29 is 14.3 Å². The first-order valence-corrected chi connectivity index (χ1v) is 12.5. The van der Waals surface area contributed by atoms with Crippen LogP contribution in [0.25, 0.3) is 20.8 Å². The molecule has 1 atom stereocenters. The van der Waals surface area contributed by atoms with Gasteiger partial charge in [-0.1, -0.05) is 42.5 Å². The first kappa shape index (κ1) is 23.2. The van der Waals surface area contributed by atoms with Crippen LogP contribution in [-0.2, 0) is 4.79 Å². The summed E-state index contributed by atoms with van der Waals surface area (Å²) in [6, 6.07) is 23.1. The van der Waals surface area contributed by atoms with Crippen molar-refractivity contribution >= 4 is 33.2 Å². The number of aromatic nitrogens is 1. The van der Waals surface area contributed by atoms with E-state index >= 15 is 0 Å². The van der Waals surface area contributed by atoms with E-state index in [0.717, 1.165) is 32.1 Å². The predicted molar refractivity (Wildman–Crippen MR) is 139 cm³/mol. The van der Waals surface area contributed by atoms with Crippen LogP contribution in [0, 0.1) is 0 Å². The molecule has 1 unspecified atom stereocenters. The molecular formula is C28H27N3O3S. The molecule has 35 heavy (non-hydrogen) atoms. The second-order valence-corrected chi connectivity index (χ2v) is 9.72. The SMILES string of the molecule is COc1ccc2nc(-c3cccc(C(=O)N4CCN(C(C(C)=O)c5ccccc5)CC4)c3)sc2c1. The quantitative estimate of drug-likeness (QED) is 0.382. The highest BCUT2D eigenvalue weighted by atomic mass is 32.1. The number of thiazole rings is 1. The minimum atomic E-state index is -0.269. The molecule has 1 fully saturated rings. The van der Waals surface area contributed by atoms with Crippen LogP contribution < -0.4 is 4.74 Å². The Bertz CT molecular complexity index is 1360. The largest absolute Gasteiger partial charge is 0.497 e. The van der Waals surface area contributed by atoms with E-state index in [1.807, 2.05) is 77.7 Å². The summed E-state index contributed by atoms with van der Waals surface area (Å²) in [5.74, 6) is 0.931. The third-order valence-electron chi connectivity index (χ3n) is 6.42. The van der Waals surface area contributed by atoms with Crippen LogP contribution in [0.4, 0.5) is 0 Å². The average molecular weight is 486 g/mol. The summed E-state index contributed by atoms with van der Waals surface area (Å²) in [6.07, 6.45) is 0. The topological polar surface area (TPSA) is 62.7 Å². The molecule has 1 aliphatic heterocycles. The van der Waals surface area contributed by atoms with Crippen molar-refractivity contribution in [1.82, 2.24) is 14.8 Å². The number of fused-ring (bicyclic) bond motifs is 1. The molecule has 1 saturated heterocycles. The van der Waals surface area contributed by atoms with Gasteiger partial charge in [-0.2, -0.15) is 0 Å². The fourth-order valence-electron chi connectivity index (χ4n) is 4.64. The molecule has 0 aliphatic carbocycles. The Hall–Kier alpha value is -3.55. The van der Waals surface area contributed by atoms with E-state index in [4.69, 9.17) is 9.72 Å². The van der Waals surface area contributed by atoms with Crippen molar-refractivity contribution in [2.75, 3.05) is 33.3 Å². The van der Waals surface area contributed by atoms with Gasteiger partial charge < -0.3 is 9.64 Å². The standard InChI is InChI=1S/C28H27N3O3S/c1-19(32)26(20-7-4-3-5-8-20)30-13-15-31(16-14-30)28(33)22-10-6-9-21(17-22)27-29-24-12-11-23(34-2)18-25(24)35-27/h3-12,17-18,26H,13-16H2,1-2H3. The van der Waals surface area contributed by atoms with E-state index in [2.05, 4.69) is 4.90 Å². The number of benzene rings is 3. The highest BCUT2D eigenvalue weighted by Gasteiger charge is 2.30. The zero-order valence-electron chi connectivity index (χ0n) is 19.8. The smallest absolute Gasteiger partial charge is 0.253 e. The molecule has 178 valence electrons. The number of ketones is 1. The van der Waals surface area contributed by atoms with Crippen LogP contribution >= 0.6 is 11.3 Å². The molecule has 6 nitrogen and oxygen atoms in total. The molecule has 0 bridgehead atoms. The summed E-state index contributed by atoms with van der Waals surface area (Å²) in [7, 11) is 1.65. The molecule has 4 aromatic rings. The number of Topliss-reactive ketones (excluding diaryl/α,β-unsaturated/α-hetero) is 1. The predicted octanol–water partition coefficient (Wildman–Crippen LogP) is 5.06. The Morgan fingerprint density at radius 2 is 1.71 bits per heavy atom. The van der Waals surface area contributed by atoms with Crippen molar-refractivity contribution in [1.29, 1.82) is 0 Å². The zero-order valence-corrected chi connectivity index (χ0v) is 20.6. The molecule has 2 heterocycles. The summed E-state index contributed by atoms with van der Waals surface area (Å²) >= 11 is 1.59. The van der Waals surface area contributed by atoms with Gasteiger partial charge in [0.15, 0.2) is 5.78 Å². The van der Waals surface area contributed by atoms with Gasteiger partial charge in [0, 0.05) is 37.3 Å². The average Bonchev–Trinajstić information content (AvgIpc) is 3.33. The van der Waals surface area contributed by atoms with E-state index in [9.17, 15) is 9.59 Å². The Kier molecular flexibility index (Phi) is 6.61.